The largest absolute Gasteiger partial charge is 0.466 e. The first-order valence-electron chi connectivity index (χ1n) is 10.0. The van der Waals surface area contributed by atoms with E-state index in [2.05, 4.69) is 17.6 Å². The van der Waals surface area contributed by atoms with Gasteiger partial charge in [-0.05, 0) is 39.5 Å². The first kappa shape index (κ1) is 26.4. The van der Waals surface area contributed by atoms with Crippen molar-refractivity contribution in [3.63, 3.8) is 0 Å². The summed E-state index contributed by atoms with van der Waals surface area (Å²) in [4.78, 5) is 16.0. The van der Waals surface area contributed by atoms with E-state index in [4.69, 9.17) is 14.5 Å². The van der Waals surface area contributed by atoms with Crippen molar-refractivity contribution < 1.29 is 19.4 Å². The molecule has 0 radical (unpaired) electrons. The van der Waals surface area contributed by atoms with Crippen LogP contribution in [0.25, 0.3) is 0 Å². The Morgan fingerprint density at radius 3 is 2.63 bits per heavy atom. The molecule has 1 aliphatic heterocycles. The highest BCUT2D eigenvalue weighted by atomic mass is 127. The van der Waals surface area contributed by atoms with Crippen molar-refractivity contribution >= 4 is 35.9 Å². The number of halogens is 1. The third-order valence-corrected chi connectivity index (χ3v) is 4.65. The number of aliphatic hydroxyl groups is 1. The Bertz CT molecular complexity index is 416. The van der Waals surface area contributed by atoms with E-state index in [1.165, 1.54) is 0 Å². The normalized spacial score (nSPS) is 19.4. The number of unbranched alkanes of at least 4 members (excludes halogenated alkanes) is 3. The summed E-state index contributed by atoms with van der Waals surface area (Å²) in [5, 5.41) is 15.9. The molecule has 7 nitrogen and oxygen atoms in total. The molecule has 1 atom stereocenters. The molecule has 0 bridgehead atoms. The monoisotopic (exact) mass is 499 g/mol. The lowest BCUT2D eigenvalue weighted by molar-refractivity contribution is -0.143. The van der Waals surface area contributed by atoms with Crippen LogP contribution in [0.3, 0.4) is 0 Å². The second-order valence-electron chi connectivity index (χ2n) is 6.87. The van der Waals surface area contributed by atoms with Gasteiger partial charge in [0.15, 0.2) is 5.96 Å². The topological polar surface area (TPSA) is 92.2 Å². The first-order chi connectivity index (χ1) is 12.7. The Kier molecular flexibility index (Phi) is 16.0. The number of carbonyl (C=O) groups excluding carboxylic acids is 1. The molecule has 0 saturated carbocycles. The van der Waals surface area contributed by atoms with Crippen molar-refractivity contribution in [1.29, 1.82) is 0 Å². The van der Waals surface area contributed by atoms with Gasteiger partial charge in [-0.1, -0.05) is 12.8 Å². The van der Waals surface area contributed by atoms with Crippen molar-refractivity contribution in [3.8, 4) is 0 Å². The maximum atomic E-state index is 11.3. The Hall–Kier alpha value is -0.610. The highest BCUT2D eigenvalue weighted by molar-refractivity contribution is 14.0. The third kappa shape index (κ3) is 11.7. The number of aliphatic hydroxyl groups excluding tert-OH is 1. The van der Waals surface area contributed by atoms with Gasteiger partial charge in [-0.25, -0.2) is 0 Å². The van der Waals surface area contributed by atoms with Gasteiger partial charge < -0.3 is 25.2 Å². The molecule has 0 amide bonds. The van der Waals surface area contributed by atoms with Crippen molar-refractivity contribution in [2.75, 3.05) is 46.1 Å². The average molecular weight is 499 g/mol. The number of rotatable bonds is 13. The number of nitrogens with zero attached hydrogens (tertiary/aromatic N) is 1. The second kappa shape index (κ2) is 16.4. The maximum Gasteiger partial charge on any atom is 0.305 e. The van der Waals surface area contributed by atoms with Gasteiger partial charge in [-0.3, -0.25) is 9.79 Å². The highest BCUT2D eigenvalue weighted by Crippen LogP contribution is 2.32. The molecular weight excluding hydrogens is 461 g/mol. The molecule has 0 aromatic rings. The van der Waals surface area contributed by atoms with Crippen molar-refractivity contribution in [2.24, 2.45) is 10.4 Å². The Morgan fingerprint density at radius 2 is 2.00 bits per heavy atom. The van der Waals surface area contributed by atoms with Crippen LogP contribution >= 0.6 is 24.0 Å². The van der Waals surface area contributed by atoms with Crippen LogP contribution in [-0.2, 0) is 14.3 Å². The summed E-state index contributed by atoms with van der Waals surface area (Å²) < 4.78 is 10.4. The molecule has 8 heteroatoms. The molecule has 1 heterocycles. The molecule has 0 aromatic heterocycles. The van der Waals surface area contributed by atoms with E-state index < -0.39 is 0 Å². The molecule has 3 N–H and O–H groups in total. The van der Waals surface area contributed by atoms with E-state index in [9.17, 15) is 9.90 Å². The second-order valence-corrected chi connectivity index (χ2v) is 6.87. The predicted molar refractivity (Wildman–Crippen MR) is 119 cm³/mol. The first-order valence-corrected chi connectivity index (χ1v) is 10.0. The Labute approximate surface area is 181 Å². The number of hydrogen-bond acceptors (Lipinski definition) is 5. The predicted octanol–water partition coefficient (Wildman–Crippen LogP) is 2.46. The van der Waals surface area contributed by atoms with Gasteiger partial charge in [0.05, 0.1) is 19.8 Å². The maximum absolute atomic E-state index is 11.3. The van der Waals surface area contributed by atoms with E-state index in [1.54, 1.807) is 0 Å². The lowest BCUT2D eigenvalue weighted by Crippen LogP contribution is -2.39. The quantitative estimate of drug-likeness (QED) is 0.119. The van der Waals surface area contributed by atoms with Crippen LogP contribution in [0.2, 0.25) is 0 Å². The molecule has 0 spiro atoms. The fourth-order valence-electron chi connectivity index (χ4n) is 3.06. The van der Waals surface area contributed by atoms with E-state index >= 15 is 0 Å². The number of carbonyl (C=O) groups is 1. The average Bonchev–Trinajstić information content (AvgIpc) is 3.08. The molecule has 27 heavy (non-hydrogen) atoms. The van der Waals surface area contributed by atoms with E-state index in [0.29, 0.717) is 26.2 Å². The number of ether oxygens (including phenoxy) is 2. The Balaban J connectivity index is 0.00000676. The summed E-state index contributed by atoms with van der Waals surface area (Å²) in [6, 6.07) is 0. The van der Waals surface area contributed by atoms with Gasteiger partial charge in [0.25, 0.3) is 0 Å². The molecule has 0 aromatic carbocycles. The minimum absolute atomic E-state index is 0. The number of guanidine groups is 1. The lowest BCUT2D eigenvalue weighted by atomic mass is 9.84. The van der Waals surface area contributed by atoms with Crippen LogP contribution in [0, 0.1) is 5.41 Å². The summed E-state index contributed by atoms with van der Waals surface area (Å²) in [5.41, 5.74) is -0.0236. The van der Waals surface area contributed by atoms with E-state index in [0.717, 1.165) is 64.2 Å². The zero-order valence-corrected chi connectivity index (χ0v) is 19.3. The van der Waals surface area contributed by atoms with E-state index in [1.807, 2.05) is 6.92 Å². The molecule has 0 aliphatic carbocycles. The molecule has 1 fully saturated rings. The van der Waals surface area contributed by atoms with Gasteiger partial charge >= 0.3 is 5.97 Å². The molecule has 1 rings (SSSR count). The smallest absolute Gasteiger partial charge is 0.305 e. The summed E-state index contributed by atoms with van der Waals surface area (Å²) >= 11 is 0. The molecule has 1 aliphatic rings. The fraction of sp³-hybridized carbons (Fsp3) is 0.895. The van der Waals surface area contributed by atoms with Crippen LogP contribution in [0.15, 0.2) is 4.99 Å². The lowest BCUT2D eigenvalue weighted by Gasteiger charge is -2.24. The number of hydrogen-bond donors (Lipinski definition) is 3. The zero-order valence-electron chi connectivity index (χ0n) is 16.9. The van der Waals surface area contributed by atoms with Crippen LogP contribution in [0.5, 0.6) is 0 Å². The van der Waals surface area contributed by atoms with Crippen LogP contribution < -0.4 is 10.6 Å². The number of esters is 1. The molecular formula is C19H38IN3O4. The Morgan fingerprint density at radius 1 is 1.22 bits per heavy atom. The third-order valence-electron chi connectivity index (χ3n) is 4.65. The van der Waals surface area contributed by atoms with Crippen molar-refractivity contribution in [3.05, 3.63) is 0 Å². The van der Waals surface area contributed by atoms with Crippen LogP contribution in [0.4, 0.5) is 0 Å². The summed E-state index contributed by atoms with van der Waals surface area (Å²) in [7, 11) is 0. The van der Waals surface area contributed by atoms with Gasteiger partial charge in [0.1, 0.15) is 0 Å². The highest BCUT2D eigenvalue weighted by Gasteiger charge is 2.34. The van der Waals surface area contributed by atoms with Gasteiger partial charge in [0, 0.05) is 38.1 Å². The molecule has 1 saturated heterocycles. The zero-order chi connectivity index (χ0) is 19.1. The van der Waals surface area contributed by atoms with Crippen molar-refractivity contribution in [1.82, 2.24) is 10.6 Å². The van der Waals surface area contributed by atoms with Gasteiger partial charge in [-0.2, -0.15) is 0 Å². The SMILES string of the molecule is CCNC(=NCC1(CCO)CCOC1)NCCCCCCC(=O)OCC.I. The van der Waals surface area contributed by atoms with Crippen LogP contribution in [-0.4, -0.2) is 63.1 Å². The summed E-state index contributed by atoms with van der Waals surface area (Å²) in [5.74, 6) is 0.725. The van der Waals surface area contributed by atoms with E-state index in [-0.39, 0.29) is 42.0 Å². The fourth-order valence-corrected chi connectivity index (χ4v) is 3.06. The number of aliphatic imine (C=N–C) groups is 1. The summed E-state index contributed by atoms with van der Waals surface area (Å²) in [6.07, 6.45) is 6.24. The van der Waals surface area contributed by atoms with Crippen molar-refractivity contribution in [2.45, 2.75) is 58.8 Å². The van der Waals surface area contributed by atoms with Crippen LogP contribution in [0.1, 0.15) is 58.8 Å². The summed E-state index contributed by atoms with van der Waals surface area (Å²) in [6.45, 7) is 8.29. The minimum Gasteiger partial charge on any atom is -0.466 e. The molecule has 1 unspecified atom stereocenters. The van der Waals surface area contributed by atoms with Gasteiger partial charge in [0.2, 0.25) is 0 Å². The standard InChI is InChI=1S/C19H37N3O4.HI/c1-3-20-18(22-15-19(10-13-23)11-14-25-16-19)21-12-8-6-5-7-9-17(24)26-4-2;/h23H,3-16H2,1-2H3,(H2,20,21,22);1H. The minimum atomic E-state index is -0.0973. The molecule has 160 valence electrons. The van der Waals surface area contributed by atoms with Gasteiger partial charge in [-0.15, -0.1) is 24.0 Å². The number of nitrogens with one attached hydrogen (secondary N) is 2.